The van der Waals surface area contributed by atoms with Crippen molar-refractivity contribution in [1.82, 2.24) is 9.88 Å². The molecule has 4 rings (SSSR count). The van der Waals surface area contributed by atoms with Crippen molar-refractivity contribution in [3.05, 3.63) is 53.8 Å². The highest BCUT2D eigenvalue weighted by Crippen LogP contribution is 2.30. The summed E-state index contributed by atoms with van der Waals surface area (Å²) in [5, 5.41) is 3.86. The molecule has 26 heavy (non-hydrogen) atoms. The summed E-state index contributed by atoms with van der Waals surface area (Å²) in [6.45, 7) is 4.65. The molecular formula is C19H19FN4OS. The van der Waals surface area contributed by atoms with Gasteiger partial charge in [0.1, 0.15) is 5.82 Å². The molecule has 0 radical (unpaired) electrons. The molecule has 3 aromatic rings. The number of nitrogens with zero attached hydrogens (tertiary/aromatic N) is 3. The normalized spacial score (nSPS) is 14.7. The first kappa shape index (κ1) is 16.8. The molecule has 1 aliphatic heterocycles. The highest BCUT2D eigenvalue weighted by molar-refractivity contribution is 7.22. The van der Waals surface area contributed by atoms with Crippen molar-refractivity contribution in [2.75, 3.05) is 36.4 Å². The first-order valence-electron chi connectivity index (χ1n) is 8.53. The molecule has 1 aromatic heterocycles. The van der Waals surface area contributed by atoms with Crippen molar-refractivity contribution in [2.24, 2.45) is 0 Å². The quantitative estimate of drug-likeness (QED) is 0.739. The van der Waals surface area contributed by atoms with Crippen LogP contribution in [0.2, 0.25) is 0 Å². The maximum atomic E-state index is 13.3. The molecule has 1 N–H and O–H groups in total. The van der Waals surface area contributed by atoms with Crippen molar-refractivity contribution >= 4 is 38.4 Å². The van der Waals surface area contributed by atoms with Gasteiger partial charge in [-0.1, -0.05) is 29.5 Å². The molecule has 0 bridgehead atoms. The van der Waals surface area contributed by atoms with Gasteiger partial charge < -0.3 is 15.1 Å². The van der Waals surface area contributed by atoms with Crippen LogP contribution in [0.5, 0.6) is 0 Å². The van der Waals surface area contributed by atoms with Gasteiger partial charge in [0.05, 0.1) is 10.2 Å². The minimum absolute atomic E-state index is 0.0784. The number of hydrogen-bond donors (Lipinski definition) is 1. The van der Waals surface area contributed by atoms with E-state index in [1.807, 2.05) is 36.1 Å². The van der Waals surface area contributed by atoms with Crippen molar-refractivity contribution in [3.63, 3.8) is 0 Å². The van der Waals surface area contributed by atoms with Gasteiger partial charge in [0.2, 0.25) is 0 Å². The van der Waals surface area contributed by atoms with Gasteiger partial charge in [0.25, 0.3) is 0 Å². The van der Waals surface area contributed by atoms with Crippen LogP contribution in [-0.2, 0) is 0 Å². The van der Waals surface area contributed by atoms with E-state index in [-0.39, 0.29) is 11.8 Å². The van der Waals surface area contributed by atoms with Crippen LogP contribution < -0.4 is 10.2 Å². The minimum atomic E-state index is -0.245. The molecule has 2 aromatic carbocycles. The van der Waals surface area contributed by atoms with E-state index in [1.165, 1.54) is 23.5 Å². The van der Waals surface area contributed by atoms with E-state index in [2.05, 4.69) is 15.2 Å². The summed E-state index contributed by atoms with van der Waals surface area (Å²) in [6.07, 6.45) is 0. The lowest BCUT2D eigenvalue weighted by Gasteiger charge is -2.34. The molecule has 134 valence electrons. The van der Waals surface area contributed by atoms with Gasteiger partial charge in [-0.05, 0) is 36.8 Å². The molecule has 0 spiro atoms. The van der Waals surface area contributed by atoms with E-state index in [0.717, 1.165) is 26.6 Å². The van der Waals surface area contributed by atoms with Gasteiger partial charge in [0, 0.05) is 31.9 Å². The zero-order chi connectivity index (χ0) is 18.1. The summed E-state index contributed by atoms with van der Waals surface area (Å²) in [5.41, 5.74) is 2.69. The third-order valence-electron chi connectivity index (χ3n) is 4.56. The number of fused-ring (bicyclic) bond motifs is 1. The second-order valence-corrected chi connectivity index (χ2v) is 7.34. The summed E-state index contributed by atoms with van der Waals surface area (Å²) in [4.78, 5) is 21.0. The summed E-state index contributed by atoms with van der Waals surface area (Å²) < 4.78 is 14.2. The van der Waals surface area contributed by atoms with Crippen LogP contribution >= 0.6 is 11.3 Å². The Morgan fingerprint density at radius 2 is 1.92 bits per heavy atom. The Morgan fingerprint density at radius 1 is 1.15 bits per heavy atom. The van der Waals surface area contributed by atoms with Gasteiger partial charge in [-0.3, -0.25) is 0 Å². The van der Waals surface area contributed by atoms with Crippen molar-refractivity contribution in [1.29, 1.82) is 0 Å². The maximum Gasteiger partial charge on any atom is 0.321 e. The number of piperazine rings is 1. The molecule has 1 fully saturated rings. The van der Waals surface area contributed by atoms with Gasteiger partial charge in [-0.15, -0.1) is 0 Å². The lowest BCUT2D eigenvalue weighted by Crippen LogP contribution is -2.50. The number of benzene rings is 2. The zero-order valence-electron chi connectivity index (χ0n) is 14.4. The number of thiazole rings is 1. The number of amides is 2. The lowest BCUT2D eigenvalue weighted by molar-refractivity contribution is 0.208. The van der Waals surface area contributed by atoms with Crippen LogP contribution in [0.4, 0.5) is 20.0 Å². The Bertz CT molecular complexity index is 950. The Labute approximate surface area is 155 Å². The van der Waals surface area contributed by atoms with Crippen molar-refractivity contribution < 1.29 is 9.18 Å². The Morgan fingerprint density at radius 3 is 2.69 bits per heavy atom. The first-order chi connectivity index (χ1) is 12.6. The molecular weight excluding hydrogens is 351 g/mol. The Kier molecular flexibility index (Phi) is 4.46. The number of para-hydroxylation sites is 1. The Hall–Kier alpha value is -2.67. The smallest absolute Gasteiger partial charge is 0.321 e. The molecule has 7 heteroatoms. The molecule has 1 aliphatic rings. The van der Waals surface area contributed by atoms with Gasteiger partial charge in [-0.25, -0.2) is 14.2 Å². The number of halogens is 1. The fraction of sp³-hybridized carbons (Fsp3) is 0.263. The van der Waals surface area contributed by atoms with E-state index >= 15 is 0 Å². The number of hydrogen-bond acceptors (Lipinski definition) is 4. The molecule has 2 heterocycles. The molecule has 0 unspecified atom stereocenters. The second-order valence-electron chi connectivity index (χ2n) is 6.33. The van der Waals surface area contributed by atoms with Gasteiger partial charge >= 0.3 is 6.03 Å². The second kappa shape index (κ2) is 6.92. The third kappa shape index (κ3) is 3.35. The molecule has 0 aliphatic carbocycles. The van der Waals surface area contributed by atoms with Crippen LogP contribution in [0.15, 0.2) is 42.5 Å². The maximum absolute atomic E-state index is 13.3. The summed E-state index contributed by atoms with van der Waals surface area (Å²) in [5.74, 6) is -0.245. The predicted molar refractivity (Wildman–Crippen MR) is 104 cm³/mol. The van der Waals surface area contributed by atoms with E-state index in [9.17, 15) is 9.18 Å². The van der Waals surface area contributed by atoms with Gasteiger partial charge in [0.15, 0.2) is 5.13 Å². The molecule has 2 amide bonds. The third-order valence-corrected chi connectivity index (χ3v) is 5.64. The largest absolute Gasteiger partial charge is 0.345 e. The van der Waals surface area contributed by atoms with E-state index in [4.69, 9.17) is 0 Å². The number of aromatic nitrogens is 1. The number of rotatable bonds is 2. The van der Waals surface area contributed by atoms with E-state index in [0.29, 0.717) is 26.2 Å². The predicted octanol–water partition coefficient (Wildman–Crippen LogP) is 4.10. The van der Waals surface area contributed by atoms with E-state index in [1.54, 1.807) is 6.07 Å². The van der Waals surface area contributed by atoms with Gasteiger partial charge in [-0.2, -0.15) is 0 Å². The van der Waals surface area contributed by atoms with Crippen LogP contribution in [-0.4, -0.2) is 42.1 Å². The molecule has 0 atom stereocenters. The zero-order valence-corrected chi connectivity index (χ0v) is 15.2. The minimum Gasteiger partial charge on any atom is -0.345 e. The fourth-order valence-electron chi connectivity index (χ4n) is 3.03. The SMILES string of the molecule is Cc1ccccc1NC(=O)N1CCN(c2nc3ccc(F)cc3s2)CC1. The highest BCUT2D eigenvalue weighted by atomic mass is 32.1. The average molecular weight is 370 g/mol. The summed E-state index contributed by atoms with van der Waals surface area (Å²) in [7, 11) is 0. The Balaban J connectivity index is 1.40. The number of carbonyl (C=O) groups is 1. The van der Waals surface area contributed by atoms with Crippen LogP contribution in [0, 0.1) is 12.7 Å². The van der Waals surface area contributed by atoms with Crippen molar-refractivity contribution in [3.8, 4) is 0 Å². The topological polar surface area (TPSA) is 48.5 Å². The van der Waals surface area contributed by atoms with Crippen LogP contribution in [0.1, 0.15) is 5.56 Å². The molecule has 0 saturated carbocycles. The van der Waals surface area contributed by atoms with Crippen LogP contribution in [0.25, 0.3) is 10.2 Å². The average Bonchev–Trinajstić information content (AvgIpc) is 3.07. The monoisotopic (exact) mass is 370 g/mol. The number of carbonyl (C=O) groups excluding carboxylic acids is 1. The van der Waals surface area contributed by atoms with Crippen molar-refractivity contribution in [2.45, 2.75) is 6.92 Å². The first-order valence-corrected chi connectivity index (χ1v) is 9.34. The number of aryl methyl sites for hydroxylation is 1. The molecule has 5 nitrogen and oxygen atoms in total. The summed E-state index contributed by atoms with van der Waals surface area (Å²) in [6, 6.07) is 12.3. The number of nitrogens with one attached hydrogen (secondary N) is 1. The standard InChI is InChI=1S/C19H19FN4OS/c1-13-4-2-3-5-15(13)21-18(25)23-8-10-24(11-9-23)19-22-16-7-6-14(20)12-17(16)26-19/h2-7,12H,8-11H2,1H3,(H,21,25). The number of urea groups is 1. The molecule has 1 saturated heterocycles. The highest BCUT2D eigenvalue weighted by Gasteiger charge is 2.23. The van der Waals surface area contributed by atoms with E-state index < -0.39 is 0 Å². The number of anilines is 2. The fourth-order valence-corrected chi connectivity index (χ4v) is 4.07. The summed E-state index contributed by atoms with van der Waals surface area (Å²) >= 11 is 1.49. The van der Waals surface area contributed by atoms with Crippen LogP contribution in [0.3, 0.4) is 0 Å². The lowest BCUT2D eigenvalue weighted by atomic mass is 10.2.